The smallest absolute Gasteiger partial charge is 0.161 e. The summed E-state index contributed by atoms with van der Waals surface area (Å²) in [6.07, 6.45) is 5.40. The summed E-state index contributed by atoms with van der Waals surface area (Å²) in [5.41, 5.74) is 0. The van der Waals surface area contributed by atoms with Gasteiger partial charge in [0.05, 0.1) is 25.0 Å². The molecule has 0 amide bonds. The highest BCUT2D eigenvalue weighted by atomic mass is 16.5. The van der Waals surface area contributed by atoms with Crippen LogP contribution < -0.4 is 9.47 Å². The molecule has 0 bridgehead atoms. The quantitative estimate of drug-likeness (QED) is 0.429. The Morgan fingerprint density at radius 3 is 1.39 bits per heavy atom. The molecule has 1 aromatic carbocycles. The molecule has 23 heavy (non-hydrogen) atoms. The van der Waals surface area contributed by atoms with Crippen LogP contribution in [0.25, 0.3) is 0 Å². The molecule has 126 valence electrons. The van der Waals surface area contributed by atoms with Crippen molar-refractivity contribution in [1.82, 2.24) is 0 Å². The molecule has 0 atom stereocenters. The monoisotopic (exact) mass is 320 g/mol. The normalized spacial score (nSPS) is 8.52. The summed E-state index contributed by atoms with van der Waals surface area (Å²) < 4.78 is 25.4. The van der Waals surface area contributed by atoms with Crippen LogP contribution in [0.3, 0.4) is 0 Å². The van der Waals surface area contributed by atoms with Gasteiger partial charge in [0.25, 0.3) is 0 Å². The lowest BCUT2D eigenvalue weighted by Gasteiger charge is -2.12. The van der Waals surface area contributed by atoms with Gasteiger partial charge in [-0.2, -0.15) is 0 Å². The second-order valence-electron chi connectivity index (χ2n) is 3.69. The van der Waals surface area contributed by atoms with Crippen LogP contribution in [0, 0.1) is 0 Å². The zero-order valence-electron chi connectivity index (χ0n) is 13.3. The van der Waals surface area contributed by atoms with Crippen molar-refractivity contribution in [3.8, 4) is 11.5 Å². The fraction of sp³-hybridized carbons (Fsp3) is 0.222. The lowest BCUT2D eigenvalue weighted by Crippen LogP contribution is -2.08. The van der Waals surface area contributed by atoms with Gasteiger partial charge in [-0.15, -0.1) is 0 Å². The fourth-order valence-corrected chi connectivity index (χ4v) is 1.32. The standard InChI is InChI=1S/C14H18O4.C4H6O/c1-3-15-9-11-17-13-7-5-6-8-14(13)18-12-10-16-4-2;1-3-5-4-2/h3-8H,1-2,9-12H2;3-4H,1-2H2. The Balaban J connectivity index is 0.000000841. The third-order valence-electron chi connectivity index (χ3n) is 2.19. The van der Waals surface area contributed by atoms with E-state index in [4.69, 9.17) is 18.9 Å². The van der Waals surface area contributed by atoms with E-state index in [0.717, 1.165) is 0 Å². The van der Waals surface area contributed by atoms with Crippen LogP contribution in [0.5, 0.6) is 11.5 Å². The van der Waals surface area contributed by atoms with E-state index < -0.39 is 0 Å². The summed E-state index contributed by atoms with van der Waals surface area (Å²) in [5, 5.41) is 0. The molecule has 0 saturated carbocycles. The number of rotatable bonds is 12. The molecule has 1 aromatic rings. The second-order valence-corrected chi connectivity index (χ2v) is 3.69. The first-order chi connectivity index (χ1) is 11.3. The lowest BCUT2D eigenvalue weighted by molar-refractivity contribution is 0.161. The predicted octanol–water partition coefficient (Wildman–Crippen LogP) is 4.05. The third kappa shape index (κ3) is 11.5. The van der Waals surface area contributed by atoms with Crippen molar-refractivity contribution in [2.24, 2.45) is 0 Å². The number of benzene rings is 1. The van der Waals surface area contributed by atoms with Crippen molar-refractivity contribution in [2.45, 2.75) is 0 Å². The molecular formula is C18H24O5. The minimum Gasteiger partial charge on any atom is -0.498 e. The van der Waals surface area contributed by atoms with Gasteiger partial charge in [0.2, 0.25) is 0 Å². The van der Waals surface area contributed by atoms with Crippen LogP contribution in [0.1, 0.15) is 0 Å². The first kappa shape index (κ1) is 20.2. The number of para-hydroxylation sites is 2. The Kier molecular flexibility index (Phi) is 13.7. The Labute approximate surface area is 138 Å². The molecule has 0 saturated heterocycles. The van der Waals surface area contributed by atoms with E-state index >= 15 is 0 Å². The maximum absolute atomic E-state index is 5.54. The van der Waals surface area contributed by atoms with Gasteiger partial charge < -0.3 is 23.7 Å². The molecule has 1 rings (SSSR count). The summed E-state index contributed by atoms with van der Waals surface area (Å²) in [4.78, 5) is 0. The maximum Gasteiger partial charge on any atom is 0.161 e. The number of hydrogen-bond acceptors (Lipinski definition) is 5. The van der Waals surface area contributed by atoms with Crippen LogP contribution in [-0.4, -0.2) is 26.4 Å². The van der Waals surface area contributed by atoms with E-state index in [9.17, 15) is 0 Å². The predicted molar refractivity (Wildman–Crippen MR) is 91.2 cm³/mol. The van der Waals surface area contributed by atoms with E-state index in [2.05, 4.69) is 31.1 Å². The average molecular weight is 320 g/mol. The summed E-state index contributed by atoms with van der Waals surface area (Å²) in [5.74, 6) is 1.37. The molecule has 0 aromatic heterocycles. The Morgan fingerprint density at radius 2 is 1.09 bits per heavy atom. The van der Waals surface area contributed by atoms with Gasteiger partial charge in [-0.3, -0.25) is 0 Å². The number of ether oxygens (including phenoxy) is 5. The van der Waals surface area contributed by atoms with E-state index in [0.29, 0.717) is 37.9 Å². The first-order valence-corrected chi connectivity index (χ1v) is 6.97. The van der Waals surface area contributed by atoms with Crippen LogP contribution in [0.15, 0.2) is 75.6 Å². The molecule has 0 unspecified atom stereocenters. The summed E-state index contributed by atoms with van der Waals surface area (Å²) >= 11 is 0. The van der Waals surface area contributed by atoms with Crippen LogP contribution in [0.2, 0.25) is 0 Å². The molecule has 0 heterocycles. The van der Waals surface area contributed by atoms with E-state index in [1.54, 1.807) is 0 Å². The first-order valence-electron chi connectivity index (χ1n) is 6.97. The summed E-state index contributed by atoms with van der Waals surface area (Å²) in [6, 6.07) is 7.46. The van der Waals surface area contributed by atoms with Crippen LogP contribution in [-0.2, 0) is 14.2 Å². The molecule has 0 aliphatic rings. The Morgan fingerprint density at radius 1 is 0.652 bits per heavy atom. The van der Waals surface area contributed by atoms with Gasteiger partial charge in [-0.25, -0.2) is 0 Å². The largest absolute Gasteiger partial charge is 0.498 e. The SMILES string of the molecule is C=COC=C.C=COCCOc1ccccc1OCCOC=C. The molecule has 0 spiro atoms. The summed E-state index contributed by atoms with van der Waals surface area (Å²) in [6.45, 7) is 15.2. The fourth-order valence-electron chi connectivity index (χ4n) is 1.32. The zero-order chi connectivity index (χ0) is 17.2. The van der Waals surface area contributed by atoms with E-state index in [1.807, 2.05) is 24.3 Å². The van der Waals surface area contributed by atoms with Gasteiger partial charge in [0.15, 0.2) is 11.5 Å². The second kappa shape index (κ2) is 15.6. The molecule has 5 nitrogen and oxygen atoms in total. The number of hydrogen-bond donors (Lipinski definition) is 0. The van der Waals surface area contributed by atoms with Gasteiger partial charge in [-0.1, -0.05) is 38.4 Å². The zero-order valence-corrected chi connectivity index (χ0v) is 13.3. The molecule has 0 aliphatic carbocycles. The van der Waals surface area contributed by atoms with Gasteiger partial charge in [0.1, 0.15) is 26.4 Å². The molecule has 0 aliphatic heterocycles. The average Bonchev–Trinajstić information content (AvgIpc) is 2.58. The lowest BCUT2D eigenvalue weighted by atomic mass is 10.3. The van der Waals surface area contributed by atoms with Gasteiger partial charge in [0, 0.05) is 0 Å². The molecule has 5 heteroatoms. The third-order valence-corrected chi connectivity index (χ3v) is 2.19. The van der Waals surface area contributed by atoms with Crippen molar-refractivity contribution in [1.29, 1.82) is 0 Å². The van der Waals surface area contributed by atoms with Crippen molar-refractivity contribution in [2.75, 3.05) is 26.4 Å². The molecule has 0 radical (unpaired) electrons. The van der Waals surface area contributed by atoms with Crippen molar-refractivity contribution in [3.63, 3.8) is 0 Å². The Hall–Kier alpha value is -2.82. The molecule has 0 N–H and O–H groups in total. The highest BCUT2D eigenvalue weighted by molar-refractivity contribution is 5.39. The molecular weight excluding hydrogens is 296 g/mol. The van der Waals surface area contributed by atoms with Crippen molar-refractivity contribution in [3.05, 3.63) is 75.6 Å². The van der Waals surface area contributed by atoms with Gasteiger partial charge in [-0.05, 0) is 12.1 Å². The van der Waals surface area contributed by atoms with Crippen LogP contribution >= 0.6 is 0 Å². The minimum atomic E-state index is 0.440. The van der Waals surface area contributed by atoms with E-state index in [-0.39, 0.29) is 0 Å². The highest BCUT2D eigenvalue weighted by Gasteiger charge is 2.03. The van der Waals surface area contributed by atoms with Crippen molar-refractivity contribution < 1.29 is 23.7 Å². The maximum atomic E-state index is 5.54. The summed E-state index contributed by atoms with van der Waals surface area (Å²) in [7, 11) is 0. The van der Waals surface area contributed by atoms with Crippen LogP contribution in [0.4, 0.5) is 0 Å². The topological polar surface area (TPSA) is 46.2 Å². The van der Waals surface area contributed by atoms with Crippen molar-refractivity contribution >= 4 is 0 Å². The highest BCUT2D eigenvalue weighted by Crippen LogP contribution is 2.26. The van der Waals surface area contributed by atoms with Gasteiger partial charge >= 0.3 is 0 Å². The van der Waals surface area contributed by atoms with E-state index in [1.165, 1.54) is 25.0 Å². The minimum absolute atomic E-state index is 0.440. The Bertz CT molecular complexity index is 415. The molecule has 0 fully saturated rings.